The van der Waals surface area contributed by atoms with Gasteiger partial charge in [0.15, 0.2) is 5.82 Å². The van der Waals surface area contributed by atoms with Gasteiger partial charge < -0.3 is 14.6 Å². The summed E-state index contributed by atoms with van der Waals surface area (Å²) in [5.74, 6) is 1.13. The second-order valence-corrected chi connectivity index (χ2v) is 6.98. The van der Waals surface area contributed by atoms with Crippen LogP contribution in [0.4, 0.5) is 5.82 Å². The number of nitrogens with one attached hydrogen (secondary N) is 2. The van der Waals surface area contributed by atoms with Crippen LogP contribution in [0.1, 0.15) is 18.1 Å². The summed E-state index contributed by atoms with van der Waals surface area (Å²) in [6.07, 6.45) is 0.258. The lowest BCUT2D eigenvalue weighted by Gasteiger charge is -2.06. The monoisotopic (exact) mass is 388 g/mol. The fraction of sp³-hybridized carbons (Fsp3) is 0.217. The van der Waals surface area contributed by atoms with Crippen LogP contribution in [-0.2, 0) is 17.8 Å². The highest BCUT2D eigenvalue weighted by atomic mass is 16.5. The number of ether oxygens (including phenoxy) is 1. The zero-order chi connectivity index (χ0) is 20.4. The Kier molecular flexibility index (Phi) is 5.08. The Balaban J connectivity index is 1.57. The molecule has 0 saturated carbocycles. The third-order valence-electron chi connectivity index (χ3n) is 5.14. The minimum atomic E-state index is -0.121. The summed E-state index contributed by atoms with van der Waals surface area (Å²) >= 11 is 0. The number of methoxy groups -OCH3 is 1. The summed E-state index contributed by atoms with van der Waals surface area (Å²) in [6, 6.07) is 17.7. The van der Waals surface area contributed by atoms with Crippen molar-refractivity contribution in [1.29, 1.82) is 0 Å². The molecule has 6 nitrogen and oxygen atoms in total. The van der Waals surface area contributed by atoms with Crippen molar-refractivity contribution in [2.75, 3.05) is 12.4 Å². The molecule has 1 amide bonds. The van der Waals surface area contributed by atoms with Gasteiger partial charge in [-0.1, -0.05) is 30.3 Å². The van der Waals surface area contributed by atoms with Gasteiger partial charge in [-0.25, -0.2) is 0 Å². The quantitative estimate of drug-likeness (QED) is 0.509. The molecule has 6 heteroatoms. The van der Waals surface area contributed by atoms with Gasteiger partial charge in [-0.3, -0.25) is 9.89 Å². The number of benzene rings is 2. The lowest BCUT2D eigenvalue weighted by molar-refractivity contribution is -0.115. The summed E-state index contributed by atoms with van der Waals surface area (Å²) in [4.78, 5) is 12.4. The van der Waals surface area contributed by atoms with Crippen LogP contribution >= 0.6 is 0 Å². The minimum absolute atomic E-state index is 0.121. The van der Waals surface area contributed by atoms with Gasteiger partial charge >= 0.3 is 0 Å². The van der Waals surface area contributed by atoms with Crippen molar-refractivity contribution in [1.82, 2.24) is 14.8 Å². The van der Waals surface area contributed by atoms with Crippen molar-refractivity contribution in [3.63, 3.8) is 0 Å². The number of aromatic nitrogens is 3. The highest BCUT2D eigenvalue weighted by molar-refractivity contribution is 5.93. The van der Waals surface area contributed by atoms with Crippen LogP contribution < -0.4 is 10.1 Å². The van der Waals surface area contributed by atoms with Crippen LogP contribution in [0.5, 0.6) is 5.75 Å². The number of hydrogen-bond acceptors (Lipinski definition) is 3. The zero-order valence-electron chi connectivity index (χ0n) is 16.8. The van der Waals surface area contributed by atoms with Gasteiger partial charge in [-0.15, -0.1) is 0 Å². The second kappa shape index (κ2) is 7.83. The molecular formula is C23H24N4O2. The molecule has 0 bridgehead atoms. The lowest BCUT2D eigenvalue weighted by atomic mass is 10.1. The highest BCUT2D eigenvalue weighted by Gasteiger charge is 2.17. The second-order valence-electron chi connectivity index (χ2n) is 6.98. The number of carbonyl (C=O) groups excluding carboxylic acids is 1. The smallest absolute Gasteiger partial charge is 0.229 e. The number of nitrogens with zero attached hydrogens (tertiary/aromatic N) is 2. The van der Waals surface area contributed by atoms with Crippen LogP contribution in [0.3, 0.4) is 0 Å². The van der Waals surface area contributed by atoms with Gasteiger partial charge in [-0.05, 0) is 43.2 Å². The molecule has 2 aromatic carbocycles. The maximum Gasteiger partial charge on any atom is 0.229 e. The largest absolute Gasteiger partial charge is 0.497 e. The minimum Gasteiger partial charge on any atom is -0.497 e. The zero-order valence-corrected chi connectivity index (χ0v) is 16.8. The standard InChI is InChI=1S/C23H24N4O2/c1-4-27-20-11-6-5-10-18(20)15(2)23(27)19-14-21(26-25-19)24-22(28)13-16-8-7-9-17(12-16)29-3/h5-12,14H,4,13H2,1-3H3,(H2,24,25,26,28). The molecular weight excluding hydrogens is 364 g/mol. The molecule has 29 heavy (non-hydrogen) atoms. The summed E-state index contributed by atoms with van der Waals surface area (Å²) in [5.41, 5.74) is 5.26. The van der Waals surface area contributed by atoms with Crippen molar-refractivity contribution in [2.24, 2.45) is 0 Å². The molecule has 4 rings (SSSR count). The van der Waals surface area contributed by atoms with E-state index in [1.165, 1.54) is 16.5 Å². The molecule has 2 aromatic heterocycles. The molecule has 0 radical (unpaired) electrons. The Morgan fingerprint density at radius 3 is 2.79 bits per heavy atom. The molecule has 2 heterocycles. The number of H-pyrrole nitrogens is 1. The van der Waals surface area contributed by atoms with Crippen molar-refractivity contribution in [3.05, 3.63) is 65.7 Å². The van der Waals surface area contributed by atoms with Gasteiger partial charge in [0, 0.05) is 23.5 Å². The van der Waals surface area contributed by atoms with Crippen molar-refractivity contribution >= 4 is 22.6 Å². The van der Waals surface area contributed by atoms with Gasteiger partial charge in [-0.2, -0.15) is 5.10 Å². The van der Waals surface area contributed by atoms with Gasteiger partial charge in [0.05, 0.1) is 24.9 Å². The highest BCUT2D eigenvalue weighted by Crippen LogP contribution is 2.33. The van der Waals surface area contributed by atoms with Crippen LogP contribution in [0.25, 0.3) is 22.3 Å². The summed E-state index contributed by atoms with van der Waals surface area (Å²) < 4.78 is 7.48. The molecule has 0 spiro atoms. The van der Waals surface area contributed by atoms with Gasteiger partial charge in [0.1, 0.15) is 5.75 Å². The number of anilines is 1. The number of amides is 1. The number of aryl methyl sites for hydroxylation is 2. The predicted octanol–water partition coefficient (Wildman–Crippen LogP) is 4.55. The molecule has 0 atom stereocenters. The molecule has 2 N–H and O–H groups in total. The van der Waals surface area contributed by atoms with Crippen molar-refractivity contribution in [2.45, 2.75) is 26.8 Å². The molecule has 0 unspecified atom stereocenters. The number of aromatic amines is 1. The lowest BCUT2D eigenvalue weighted by Crippen LogP contribution is -2.14. The van der Waals surface area contributed by atoms with E-state index >= 15 is 0 Å². The summed E-state index contributed by atoms with van der Waals surface area (Å²) in [7, 11) is 1.61. The van der Waals surface area contributed by atoms with Gasteiger partial charge in [0.2, 0.25) is 5.91 Å². The Labute approximate surface area is 169 Å². The fourth-order valence-electron chi connectivity index (χ4n) is 3.81. The predicted molar refractivity (Wildman–Crippen MR) is 115 cm³/mol. The summed E-state index contributed by atoms with van der Waals surface area (Å²) in [5, 5.41) is 11.5. The number of rotatable bonds is 6. The van der Waals surface area contributed by atoms with E-state index in [1.807, 2.05) is 30.3 Å². The number of carbonyl (C=O) groups is 1. The van der Waals surface area contributed by atoms with E-state index in [0.29, 0.717) is 5.82 Å². The van der Waals surface area contributed by atoms with E-state index in [1.54, 1.807) is 7.11 Å². The molecule has 0 aliphatic carbocycles. The molecule has 0 saturated heterocycles. The number of para-hydroxylation sites is 1. The van der Waals surface area contributed by atoms with E-state index in [4.69, 9.17) is 4.74 Å². The molecule has 0 aliphatic heterocycles. The van der Waals surface area contributed by atoms with E-state index in [-0.39, 0.29) is 12.3 Å². The molecule has 0 aliphatic rings. The first-order valence-corrected chi connectivity index (χ1v) is 9.67. The number of hydrogen-bond donors (Lipinski definition) is 2. The molecule has 4 aromatic rings. The Morgan fingerprint density at radius 2 is 2.00 bits per heavy atom. The van der Waals surface area contributed by atoms with Crippen molar-refractivity contribution < 1.29 is 9.53 Å². The Hall–Kier alpha value is -3.54. The maximum absolute atomic E-state index is 12.4. The van der Waals surface area contributed by atoms with E-state index < -0.39 is 0 Å². The van der Waals surface area contributed by atoms with Crippen molar-refractivity contribution in [3.8, 4) is 17.1 Å². The van der Waals surface area contributed by atoms with E-state index in [2.05, 4.69) is 58.2 Å². The molecule has 148 valence electrons. The van der Waals surface area contributed by atoms with E-state index in [9.17, 15) is 4.79 Å². The van der Waals surface area contributed by atoms with Crippen LogP contribution in [0, 0.1) is 6.92 Å². The molecule has 0 fully saturated rings. The third kappa shape index (κ3) is 3.61. The number of fused-ring (bicyclic) bond motifs is 1. The van der Waals surface area contributed by atoms with Crippen LogP contribution in [0.15, 0.2) is 54.6 Å². The van der Waals surface area contributed by atoms with E-state index in [0.717, 1.165) is 29.2 Å². The average Bonchev–Trinajstić information content (AvgIpc) is 3.30. The third-order valence-corrected chi connectivity index (χ3v) is 5.14. The Morgan fingerprint density at radius 1 is 1.17 bits per heavy atom. The first-order chi connectivity index (χ1) is 14.1. The first kappa shape index (κ1) is 18.8. The van der Waals surface area contributed by atoms with Crippen LogP contribution in [0.2, 0.25) is 0 Å². The van der Waals surface area contributed by atoms with Gasteiger partial charge in [0.25, 0.3) is 0 Å². The van der Waals surface area contributed by atoms with Crippen LogP contribution in [-0.4, -0.2) is 27.8 Å². The first-order valence-electron chi connectivity index (χ1n) is 9.67. The topological polar surface area (TPSA) is 71.9 Å². The maximum atomic E-state index is 12.4. The fourth-order valence-corrected chi connectivity index (χ4v) is 3.81. The average molecular weight is 388 g/mol. The SMILES string of the molecule is CCn1c(-c2cc(NC(=O)Cc3cccc(OC)c3)n[nH]2)c(C)c2ccccc21. The normalized spacial score (nSPS) is 11.0. The Bertz CT molecular complexity index is 1170. The summed E-state index contributed by atoms with van der Waals surface area (Å²) in [6.45, 7) is 5.09.